The number of benzene rings is 1. The highest BCUT2D eigenvalue weighted by molar-refractivity contribution is 7.88. The third kappa shape index (κ3) is 6.13. The summed E-state index contributed by atoms with van der Waals surface area (Å²) in [6, 6.07) is 5.68. The molecule has 0 unspecified atom stereocenters. The van der Waals surface area contributed by atoms with Crippen molar-refractivity contribution < 1.29 is 17.9 Å². The van der Waals surface area contributed by atoms with E-state index in [1.54, 1.807) is 7.11 Å². The number of nitrogens with one attached hydrogen (secondary N) is 1. The molecular weight excluding hydrogens is 304 g/mol. The van der Waals surface area contributed by atoms with Gasteiger partial charge in [-0.25, -0.2) is 8.42 Å². The zero-order valence-electron chi connectivity index (χ0n) is 13.5. The van der Waals surface area contributed by atoms with Gasteiger partial charge in [-0.1, -0.05) is 17.7 Å². The van der Waals surface area contributed by atoms with Crippen LogP contribution in [-0.2, 0) is 19.6 Å². The summed E-state index contributed by atoms with van der Waals surface area (Å²) in [7, 11) is -1.88. The highest BCUT2D eigenvalue weighted by Gasteiger charge is 2.20. The Morgan fingerprint density at radius 1 is 1.32 bits per heavy atom. The van der Waals surface area contributed by atoms with Crippen molar-refractivity contribution >= 4 is 21.6 Å². The fourth-order valence-corrected chi connectivity index (χ4v) is 2.86. The number of carbonyl (C=O) groups is 1. The molecule has 1 aromatic rings. The van der Waals surface area contributed by atoms with Crippen molar-refractivity contribution in [1.82, 2.24) is 4.31 Å². The van der Waals surface area contributed by atoms with Gasteiger partial charge in [-0.05, 0) is 31.9 Å². The number of amides is 1. The number of anilines is 1. The highest BCUT2D eigenvalue weighted by Crippen LogP contribution is 2.16. The van der Waals surface area contributed by atoms with E-state index >= 15 is 0 Å². The summed E-state index contributed by atoms with van der Waals surface area (Å²) in [5, 5.41) is 2.75. The van der Waals surface area contributed by atoms with E-state index in [4.69, 9.17) is 4.74 Å². The van der Waals surface area contributed by atoms with Crippen molar-refractivity contribution in [3.8, 4) is 0 Å². The molecule has 0 spiro atoms. The number of nitrogens with zero attached hydrogens (tertiary/aromatic N) is 1. The molecule has 0 saturated carbocycles. The number of sulfonamides is 1. The van der Waals surface area contributed by atoms with Crippen LogP contribution in [0.3, 0.4) is 0 Å². The summed E-state index contributed by atoms with van der Waals surface area (Å²) in [5.74, 6) is -0.352. The molecule has 0 aliphatic heterocycles. The molecule has 0 bridgehead atoms. The number of rotatable bonds is 8. The molecule has 0 heterocycles. The molecule has 1 N–H and O–H groups in total. The Bertz CT molecular complexity index is 614. The first-order chi connectivity index (χ1) is 10.2. The predicted molar refractivity (Wildman–Crippen MR) is 87.5 cm³/mol. The summed E-state index contributed by atoms with van der Waals surface area (Å²) < 4.78 is 29.5. The fraction of sp³-hybridized carbons (Fsp3) is 0.533. The smallest absolute Gasteiger partial charge is 0.239 e. The van der Waals surface area contributed by atoms with E-state index in [1.807, 2.05) is 32.0 Å². The van der Waals surface area contributed by atoms with Crippen LogP contribution in [0, 0.1) is 13.8 Å². The highest BCUT2D eigenvalue weighted by atomic mass is 32.2. The fourth-order valence-electron chi connectivity index (χ4n) is 2.05. The van der Waals surface area contributed by atoms with Crippen molar-refractivity contribution in [3.63, 3.8) is 0 Å². The van der Waals surface area contributed by atoms with Crippen LogP contribution in [0.5, 0.6) is 0 Å². The van der Waals surface area contributed by atoms with Crippen LogP contribution in [0.25, 0.3) is 0 Å². The number of aryl methyl sites for hydroxylation is 2. The standard InChI is InChI=1S/C15H24N2O4S/c1-12-6-7-14(13(2)10-12)16-15(18)11-17(22(4,19)20)8-5-9-21-3/h6-7,10H,5,8-9,11H2,1-4H3,(H,16,18). The van der Waals surface area contributed by atoms with E-state index in [0.717, 1.165) is 21.7 Å². The molecule has 0 atom stereocenters. The number of ether oxygens (including phenoxy) is 1. The van der Waals surface area contributed by atoms with Crippen LogP contribution < -0.4 is 5.32 Å². The van der Waals surface area contributed by atoms with E-state index in [9.17, 15) is 13.2 Å². The maximum absolute atomic E-state index is 12.1. The van der Waals surface area contributed by atoms with Gasteiger partial charge in [0.2, 0.25) is 15.9 Å². The van der Waals surface area contributed by atoms with Crippen LogP contribution in [-0.4, -0.2) is 51.7 Å². The van der Waals surface area contributed by atoms with Gasteiger partial charge < -0.3 is 10.1 Å². The summed E-state index contributed by atoms with van der Waals surface area (Å²) >= 11 is 0. The third-order valence-corrected chi connectivity index (χ3v) is 4.45. The maximum atomic E-state index is 12.1. The number of methoxy groups -OCH3 is 1. The van der Waals surface area contributed by atoms with Crippen molar-refractivity contribution in [3.05, 3.63) is 29.3 Å². The van der Waals surface area contributed by atoms with Crippen molar-refractivity contribution in [2.45, 2.75) is 20.3 Å². The lowest BCUT2D eigenvalue weighted by molar-refractivity contribution is -0.116. The van der Waals surface area contributed by atoms with E-state index < -0.39 is 10.0 Å². The minimum absolute atomic E-state index is 0.199. The van der Waals surface area contributed by atoms with Gasteiger partial charge in [0.25, 0.3) is 0 Å². The second kappa shape index (κ2) is 8.26. The molecule has 1 rings (SSSR count). The minimum Gasteiger partial charge on any atom is -0.385 e. The molecule has 0 radical (unpaired) electrons. The molecule has 6 nitrogen and oxygen atoms in total. The van der Waals surface area contributed by atoms with Crippen molar-refractivity contribution in [2.75, 3.05) is 38.4 Å². The summed E-state index contributed by atoms with van der Waals surface area (Å²) in [6.07, 6.45) is 1.64. The molecule has 0 fully saturated rings. The Labute approximate surface area is 132 Å². The van der Waals surface area contributed by atoms with E-state index in [-0.39, 0.29) is 19.0 Å². The topological polar surface area (TPSA) is 75.7 Å². The van der Waals surface area contributed by atoms with Gasteiger partial charge >= 0.3 is 0 Å². The van der Waals surface area contributed by atoms with Crippen molar-refractivity contribution in [2.24, 2.45) is 0 Å². The number of hydrogen-bond acceptors (Lipinski definition) is 4. The molecule has 0 aliphatic carbocycles. The molecule has 0 aromatic heterocycles. The first kappa shape index (κ1) is 18.6. The molecule has 0 saturated heterocycles. The lowest BCUT2D eigenvalue weighted by atomic mass is 10.1. The van der Waals surface area contributed by atoms with Gasteiger partial charge in [0.05, 0.1) is 12.8 Å². The molecule has 1 aromatic carbocycles. The molecule has 124 valence electrons. The first-order valence-electron chi connectivity index (χ1n) is 7.05. The predicted octanol–water partition coefficient (Wildman–Crippen LogP) is 1.54. The number of carbonyl (C=O) groups excluding carboxylic acids is 1. The zero-order valence-corrected chi connectivity index (χ0v) is 14.4. The quantitative estimate of drug-likeness (QED) is 0.735. The molecule has 7 heteroatoms. The summed E-state index contributed by atoms with van der Waals surface area (Å²) in [6.45, 7) is 4.38. The minimum atomic E-state index is -3.43. The Balaban J connectivity index is 2.70. The zero-order chi connectivity index (χ0) is 16.8. The second-order valence-corrected chi connectivity index (χ2v) is 7.29. The molecule has 1 amide bonds. The SMILES string of the molecule is COCCCN(CC(=O)Nc1ccc(C)cc1C)S(C)(=O)=O. The molecule has 0 aliphatic rings. The maximum Gasteiger partial charge on any atom is 0.239 e. The van der Waals surface area contributed by atoms with Crippen LogP contribution in [0.1, 0.15) is 17.5 Å². The summed E-state index contributed by atoms with van der Waals surface area (Å²) in [5.41, 5.74) is 2.74. The van der Waals surface area contributed by atoms with Gasteiger partial charge in [-0.15, -0.1) is 0 Å². The number of hydrogen-bond donors (Lipinski definition) is 1. The average molecular weight is 328 g/mol. The van der Waals surface area contributed by atoms with Crippen molar-refractivity contribution in [1.29, 1.82) is 0 Å². The first-order valence-corrected chi connectivity index (χ1v) is 8.90. The molecule has 22 heavy (non-hydrogen) atoms. The monoisotopic (exact) mass is 328 g/mol. The van der Waals surface area contributed by atoms with E-state index in [2.05, 4.69) is 5.32 Å². The average Bonchev–Trinajstić information content (AvgIpc) is 2.40. The van der Waals surface area contributed by atoms with Gasteiger partial charge in [-0.3, -0.25) is 4.79 Å². The van der Waals surface area contributed by atoms with Gasteiger partial charge in [0, 0.05) is 25.9 Å². The normalized spacial score (nSPS) is 11.7. The third-order valence-electron chi connectivity index (χ3n) is 3.20. The Morgan fingerprint density at radius 2 is 2.00 bits per heavy atom. The van der Waals surface area contributed by atoms with Crippen LogP contribution >= 0.6 is 0 Å². The Hall–Kier alpha value is -1.44. The Morgan fingerprint density at radius 3 is 2.55 bits per heavy atom. The van der Waals surface area contributed by atoms with E-state index in [0.29, 0.717) is 18.7 Å². The van der Waals surface area contributed by atoms with Crippen LogP contribution in [0.15, 0.2) is 18.2 Å². The Kier molecular flexibility index (Phi) is 6.99. The van der Waals surface area contributed by atoms with Gasteiger partial charge in [-0.2, -0.15) is 4.31 Å². The second-order valence-electron chi connectivity index (χ2n) is 5.31. The van der Waals surface area contributed by atoms with Crippen LogP contribution in [0.2, 0.25) is 0 Å². The molecular formula is C15H24N2O4S. The van der Waals surface area contributed by atoms with Gasteiger partial charge in [0.1, 0.15) is 0 Å². The lowest BCUT2D eigenvalue weighted by Crippen LogP contribution is -2.38. The van der Waals surface area contributed by atoms with E-state index in [1.165, 1.54) is 0 Å². The van der Waals surface area contributed by atoms with Crippen LogP contribution in [0.4, 0.5) is 5.69 Å². The largest absolute Gasteiger partial charge is 0.385 e. The lowest BCUT2D eigenvalue weighted by Gasteiger charge is -2.19. The van der Waals surface area contributed by atoms with Gasteiger partial charge in [0.15, 0.2) is 0 Å². The summed E-state index contributed by atoms with van der Waals surface area (Å²) in [4.78, 5) is 12.1.